The maximum atomic E-state index is 4.54. The second-order valence-electron chi connectivity index (χ2n) is 4.50. The van der Waals surface area contributed by atoms with E-state index in [-0.39, 0.29) is 0 Å². The van der Waals surface area contributed by atoms with Crippen molar-refractivity contribution in [3.8, 4) is 0 Å². The first-order valence-electron chi connectivity index (χ1n) is 5.88. The maximum Gasteiger partial charge on any atom is 0.179 e. The van der Waals surface area contributed by atoms with Crippen LogP contribution in [0.15, 0.2) is 12.1 Å². The van der Waals surface area contributed by atoms with Crippen molar-refractivity contribution in [3.05, 3.63) is 18.0 Å². The van der Waals surface area contributed by atoms with Crippen LogP contribution in [0.2, 0.25) is 0 Å². The first-order valence-corrected chi connectivity index (χ1v) is 5.88. The topological polar surface area (TPSA) is 53.6 Å². The number of anilines is 1. The molecular weight excluding hydrogens is 200 g/mol. The molecule has 3 rings (SSSR count). The Kier molecular flexibility index (Phi) is 2.27. The zero-order valence-electron chi connectivity index (χ0n) is 9.45. The standard InChI is InChI=1S/C12H16N4/c1-13-10-6-5-9-12(15-10)16-11(14-9)7-8-3-2-4-8/h5-6,8H,2-4,7H2,1H3,(H2,13,14,15,16). The molecule has 2 N–H and O–H groups in total. The van der Waals surface area contributed by atoms with Crippen LogP contribution in [-0.2, 0) is 6.42 Å². The minimum Gasteiger partial charge on any atom is -0.373 e. The highest BCUT2D eigenvalue weighted by molar-refractivity contribution is 5.72. The van der Waals surface area contributed by atoms with Crippen molar-refractivity contribution in [2.75, 3.05) is 12.4 Å². The quantitative estimate of drug-likeness (QED) is 0.828. The van der Waals surface area contributed by atoms with Crippen LogP contribution >= 0.6 is 0 Å². The first-order chi connectivity index (χ1) is 7.85. The Labute approximate surface area is 94.5 Å². The van der Waals surface area contributed by atoms with E-state index in [2.05, 4.69) is 20.3 Å². The van der Waals surface area contributed by atoms with Crippen molar-refractivity contribution in [1.29, 1.82) is 0 Å². The van der Waals surface area contributed by atoms with Gasteiger partial charge in [0.25, 0.3) is 0 Å². The number of aromatic amines is 1. The summed E-state index contributed by atoms with van der Waals surface area (Å²) in [5.74, 6) is 2.79. The number of fused-ring (bicyclic) bond motifs is 1. The predicted molar refractivity (Wildman–Crippen MR) is 64.5 cm³/mol. The van der Waals surface area contributed by atoms with Crippen molar-refractivity contribution < 1.29 is 0 Å². The zero-order chi connectivity index (χ0) is 11.0. The minimum atomic E-state index is 0.821. The summed E-state index contributed by atoms with van der Waals surface area (Å²) in [6, 6.07) is 4.00. The minimum absolute atomic E-state index is 0.821. The van der Waals surface area contributed by atoms with Crippen LogP contribution in [-0.4, -0.2) is 22.0 Å². The number of pyridine rings is 1. The summed E-state index contributed by atoms with van der Waals surface area (Å²) in [5.41, 5.74) is 1.86. The van der Waals surface area contributed by atoms with Gasteiger partial charge in [-0.25, -0.2) is 9.97 Å². The summed E-state index contributed by atoms with van der Waals surface area (Å²) >= 11 is 0. The fourth-order valence-electron chi connectivity index (χ4n) is 2.15. The summed E-state index contributed by atoms with van der Waals surface area (Å²) in [6.07, 6.45) is 5.16. The zero-order valence-corrected chi connectivity index (χ0v) is 9.45. The molecule has 0 aliphatic heterocycles. The van der Waals surface area contributed by atoms with Crippen LogP contribution in [0.3, 0.4) is 0 Å². The fourth-order valence-corrected chi connectivity index (χ4v) is 2.15. The Bertz CT molecular complexity index is 499. The average molecular weight is 216 g/mol. The normalized spacial score (nSPS) is 16.3. The molecule has 1 aliphatic rings. The summed E-state index contributed by atoms with van der Waals surface area (Å²) in [5, 5.41) is 3.03. The molecule has 1 fully saturated rings. The van der Waals surface area contributed by atoms with Gasteiger partial charge in [0.15, 0.2) is 5.65 Å². The summed E-state index contributed by atoms with van der Waals surface area (Å²) < 4.78 is 0. The molecule has 2 heterocycles. The highest BCUT2D eigenvalue weighted by Crippen LogP contribution is 2.29. The van der Waals surface area contributed by atoms with Crippen LogP contribution in [0, 0.1) is 5.92 Å². The molecule has 84 valence electrons. The van der Waals surface area contributed by atoms with Crippen molar-refractivity contribution in [3.63, 3.8) is 0 Å². The number of nitrogens with zero attached hydrogens (tertiary/aromatic N) is 2. The molecule has 0 unspecified atom stereocenters. The van der Waals surface area contributed by atoms with E-state index >= 15 is 0 Å². The lowest BCUT2D eigenvalue weighted by atomic mass is 9.83. The van der Waals surface area contributed by atoms with Gasteiger partial charge in [0, 0.05) is 13.5 Å². The van der Waals surface area contributed by atoms with Crippen LogP contribution in [0.1, 0.15) is 25.1 Å². The summed E-state index contributed by atoms with van der Waals surface area (Å²) in [6.45, 7) is 0. The number of rotatable bonds is 3. The van der Waals surface area contributed by atoms with E-state index in [4.69, 9.17) is 0 Å². The van der Waals surface area contributed by atoms with Crippen molar-refractivity contribution in [2.24, 2.45) is 5.92 Å². The van der Waals surface area contributed by atoms with Gasteiger partial charge in [-0.1, -0.05) is 19.3 Å². The molecule has 16 heavy (non-hydrogen) atoms. The Morgan fingerprint density at radius 1 is 1.38 bits per heavy atom. The predicted octanol–water partition coefficient (Wildman–Crippen LogP) is 2.34. The van der Waals surface area contributed by atoms with Crippen LogP contribution in [0.25, 0.3) is 11.2 Å². The number of nitrogens with one attached hydrogen (secondary N) is 2. The molecule has 1 saturated carbocycles. The van der Waals surface area contributed by atoms with Gasteiger partial charge in [-0.2, -0.15) is 0 Å². The van der Waals surface area contributed by atoms with E-state index in [1.807, 2.05) is 19.2 Å². The lowest BCUT2D eigenvalue weighted by Gasteiger charge is -2.23. The molecule has 0 aromatic carbocycles. The number of aromatic nitrogens is 3. The van der Waals surface area contributed by atoms with E-state index in [1.165, 1.54) is 19.3 Å². The lowest BCUT2D eigenvalue weighted by molar-refractivity contribution is 0.310. The third-order valence-electron chi connectivity index (χ3n) is 3.36. The molecule has 4 heteroatoms. The lowest BCUT2D eigenvalue weighted by Crippen LogP contribution is -2.14. The van der Waals surface area contributed by atoms with Gasteiger partial charge in [0.05, 0.1) is 5.52 Å². The highest BCUT2D eigenvalue weighted by Gasteiger charge is 2.19. The Morgan fingerprint density at radius 2 is 2.25 bits per heavy atom. The second kappa shape index (κ2) is 3.77. The summed E-state index contributed by atoms with van der Waals surface area (Å²) in [4.78, 5) is 12.3. The van der Waals surface area contributed by atoms with Crippen LogP contribution in [0.4, 0.5) is 5.82 Å². The Morgan fingerprint density at radius 3 is 2.94 bits per heavy atom. The van der Waals surface area contributed by atoms with Crippen molar-refractivity contribution >= 4 is 17.0 Å². The number of imidazole rings is 1. The largest absolute Gasteiger partial charge is 0.373 e. The number of H-pyrrole nitrogens is 1. The van der Waals surface area contributed by atoms with E-state index in [1.54, 1.807) is 0 Å². The monoisotopic (exact) mass is 216 g/mol. The molecule has 0 amide bonds. The first kappa shape index (κ1) is 9.63. The van der Waals surface area contributed by atoms with Crippen molar-refractivity contribution in [1.82, 2.24) is 15.0 Å². The fraction of sp³-hybridized carbons (Fsp3) is 0.500. The second-order valence-corrected chi connectivity index (χ2v) is 4.50. The Balaban J connectivity index is 1.89. The van der Waals surface area contributed by atoms with E-state index in [0.717, 1.165) is 35.1 Å². The smallest absolute Gasteiger partial charge is 0.179 e. The Hall–Kier alpha value is -1.58. The van der Waals surface area contributed by atoms with Gasteiger partial charge in [0.2, 0.25) is 0 Å². The SMILES string of the molecule is CNc1ccc2[nH]c(CC3CCC3)nc2n1. The van der Waals surface area contributed by atoms with Gasteiger partial charge in [-0.15, -0.1) is 0 Å². The molecule has 2 aromatic heterocycles. The van der Waals surface area contributed by atoms with Crippen molar-refractivity contribution in [2.45, 2.75) is 25.7 Å². The van der Waals surface area contributed by atoms with E-state index in [0.29, 0.717) is 0 Å². The molecule has 0 bridgehead atoms. The average Bonchev–Trinajstić information content (AvgIpc) is 2.64. The molecular formula is C12H16N4. The molecule has 0 spiro atoms. The third-order valence-corrected chi connectivity index (χ3v) is 3.36. The van der Waals surface area contributed by atoms with Crippen LogP contribution in [0.5, 0.6) is 0 Å². The van der Waals surface area contributed by atoms with E-state index < -0.39 is 0 Å². The maximum absolute atomic E-state index is 4.54. The molecule has 1 aliphatic carbocycles. The van der Waals surface area contributed by atoms with Gasteiger partial charge in [-0.05, 0) is 18.1 Å². The molecule has 4 nitrogen and oxygen atoms in total. The van der Waals surface area contributed by atoms with Crippen LogP contribution < -0.4 is 5.32 Å². The third kappa shape index (κ3) is 1.64. The van der Waals surface area contributed by atoms with E-state index in [9.17, 15) is 0 Å². The molecule has 0 atom stereocenters. The molecule has 0 saturated heterocycles. The number of hydrogen-bond donors (Lipinski definition) is 2. The molecule has 2 aromatic rings. The summed E-state index contributed by atoms with van der Waals surface area (Å²) in [7, 11) is 1.87. The molecule has 0 radical (unpaired) electrons. The van der Waals surface area contributed by atoms with Gasteiger partial charge in [-0.3, -0.25) is 0 Å². The number of hydrogen-bond acceptors (Lipinski definition) is 3. The van der Waals surface area contributed by atoms with Gasteiger partial charge in [0.1, 0.15) is 11.6 Å². The van der Waals surface area contributed by atoms with Gasteiger partial charge >= 0.3 is 0 Å². The van der Waals surface area contributed by atoms with Gasteiger partial charge < -0.3 is 10.3 Å². The highest BCUT2D eigenvalue weighted by atomic mass is 15.0.